The van der Waals surface area contributed by atoms with Crippen LogP contribution < -0.4 is 5.32 Å². The predicted molar refractivity (Wildman–Crippen MR) is 77.6 cm³/mol. The molecule has 0 saturated heterocycles. The summed E-state index contributed by atoms with van der Waals surface area (Å²) in [7, 11) is 0. The molecule has 0 fully saturated rings. The molecule has 0 aliphatic carbocycles. The smallest absolute Gasteiger partial charge is 0.164 e. The molecule has 1 heterocycles. The third-order valence-electron chi connectivity index (χ3n) is 2.27. The van der Waals surface area contributed by atoms with Crippen LogP contribution in [0, 0.1) is 10.7 Å². The van der Waals surface area contributed by atoms with Gasteiger partial charge in [0.15, 0.2) is 3.77 Å². The lowest BCUT2D eigenvalue weighted by atomic mass is 10.2. The molecular formula is C12H11BrINO. The van der Waals surface area contributed by atoms with Crippen molar-refractivity contribution in [3.05, 3.63) is 49.9 Å². The number of aryl methyl sites for hydroxylation is 1. The van der Waals surface area contributed by atoms with Gasteiger partial charge in [-0.3, -0.25) is 0 Å². The molecule has 0 unspecified atom stereocenters. The van der Waals surface area contributed by atoms with Crippen molar-refractivity contribution < 1.29 is 4.42 Å². The fourth-order valence-corrected chi connectivity index (χ4v) is 2.39. The Labute approximate surface area is 117 Å². The highest BCUT2D eigenvalue weighted by Gasteiger charge is 2.01. The van der Waals surface area contributed by atoms with Crippen LogP contribution in [-0.2, 0) is 6.54 Å². The lowest BCUT2D eigenvalue weighted by Gasteiger charge is -2.08. The molecule has 1 N–H and O–H groups in total. The van der Waals surface area contributed by atoms with Crippen molar-refractivity contribution in [2.45, 2.75) is 13.5 Å². The van der Waals surface area contributed by atoms with Crippen LogP contribution in [0.15, 0.2) is 39.2 Å². The summed E-state index contributed by atoms with van der Waals surface area (Å²) in [6.45, 7) is 2.80. The van der Waals surface area contributed by atoms with Gasteiger partial charge in [-0.15, -0.1) is 0 Å². The Hall–Kier alpha value is -0.490. The molecule has 1 aromatic heterocycles. The Morgan fingerprint density at radius 1 is 1.31 bits per heavy atom. The number of anilines is 1. The monoisotopic (exact) mass is 391 g/mol. The lowest BCUT2D eigenvalue weighted by molar-refractivity contribution is 0.493. The van der Waals surface area contributed by atoms with E-state index in [0.717, 1.165) is 19.7 Å². The number of furan rings is 1. The number of rotatable bonds is 3. The average molecular weight is 392 g/mol. The van der Waals surface area contributed by atoms with E-state index in [1.54, 1.807) is 0 Å². The zero-order chi connectivity index (χ0) is 11.5. The molecule has 4 heteroatoms. The van der Waals surface area contributed by atoms with Gasteiger partial charge in [-0.05, 0) is 65.4 Å². The highest BCUT2D eigenvalue weighted by molar-refractivity contribution is 14.1. The van der Waals surface area contributed by atoms with Gasteiger partial charge in [-0.25, -0.2) is 0 Å². The molecule has 0 aliphatic rings. The minimum Gasteiger partial charge on any atom is -0.454 e. The van der Waals surface area contributed by atoms with E-state index in [0.29, 0.717) is 6.54 Å². The standard InChI is InChI=1S/C12H11BrINO/c1-8-6-9(13)2-4-11(8)15-7-10-3-5-12(14)16-10/h2-6,15H,7H2,1H3. The van der Waals surface area contributed by atoms with Gasteiger partial charge in [0, 0.05) is 10.2 Å². The predicted octanol–water partition coefficient (Wildman–Crippen LogP) is 4.57. The number of hydrogen-bond donors (Lipinski definition) is 1. The molecule has 2 aromatic rings. The maximum absolute atomic E-state index is 5.48. The van der Waals surface area contributed by atoms with Crippen molar-refractivity contribution in [2.24, 2.45) is 0 Å². The van der Waals surface area contributed by atoms with Crippen molar-refractivity contribution in [2.75, 3.05) is 5.32 Å². The quantitative estimate of drug-likeness (QED) is 0.775. The second-order valence-electron chi connectivity index (χ2n) is 3.52. The normalized spacial score (nSPS) is 10.4. The molecule has 0 saturated carbocycles. The van der Waals surface area contributed by atoms with Crippen LogP contribution in [0.3, 0.4) is 0 Å². The fraction of sp³-hybridized carbons (Fsp3) is 0.167. The summed E-state index contributed by atoms with van der Waals surface area (Å²) >= 11 is 5.61. The molecule has 0 atom stereocenters. The van der Waals surface area contributed by atoms with Crippen molar-refractivity contribution >= 4 is 44.2 Å². The van der Waals surface area contributed by atoms with Gasteiger partial charge in [0.2, 0.25) is 0 Å². The van der Waals surface area contributed by atoms with Crippen LogP contribution in [0.5, 0.6) is 0 Å². The van der Waals surface area contributed by atoms with Crippen LogP contribution >= 0.6 is 38.5 Å². The van der Waals surface area contributed by atoms with Crippen LogP contribution in [0.1, 0.15) is 11.3 Å². The molecule has 16 heavy (non-hydrogen) atoms. The second kappa shape index (κ2) is 5.23. The first-order valence-corrected chi connectivity index (χ1v) is 6.76. The van der Waals surface area contributed by atoms with Crippen molar-refractivity contribution in [1.29, 1.82) is 0 Å². The maximum Gasteiger partial charge on any atom is 0.164 e. The van der Waals surface area contributed by atoms with E-state index in [-0.39, 0.29) is 0 Å². The molecule has 0 spiro atoms. The largest absolute Gasteiger partial charge is 0.454 e. The number of halogens is 2. The Balaban J connectivity index is 2.04. The third kappa shape index (κ3) is 3.01. The zero-order valence-corrected chi connectivity index (χ0v) is 12.5. The molecule has 1 aromatic carbocycles. The average Bonchev–Trinajstić information content (AvgIpc) is 2.63. The minimum absolute atomic E-state index is 0.714. The van der Waals surface area contributed by atoms with Gasteiger partial charge in [-0.2, -0.15) is 0 Å². The number of nitrogens with one attached hydrogen (secondary N) is 1. The first-order valence-electron chi connectivity index (χ1n) is 4.89. The van der Waals surface area contributed by atoms with Crippen molar-refractivity contribution in [1.82, 2.24) is 0 Å². The van der Waals surface area contributed by atoms with Gasteiger partial charge in [0.25, 0.3) is 0 Å². The van der Waals surface area contributed by atoms with Gasteiger partial charge in [0.1, 0.15) is 5.76 Å². The maximum atomic E-state index is 5.48. The van der Waals surface area contributed by atoms with Crippen molar-refractivity contribution in [3.8, 4) is 0 Å². The molecule has 2 rings (SSSR count). The molecule has 0 amide bonds. The highest BCUT2D eigenvalue weighted by Crippen LogP contribution is 2.21. The summed E-state index contributed by atoms with van der Waals surface area (Å²) in [6.07, 6.45) is 0. The van der Waals surface area contributed by atoms with E-state index in [4.69, 9.17) is 4.42 Å². The fourth-order valence-electron chi connectivity index (χ4n) is 1.45. The Morgan fingerprint density at radius 3 is 2.75 bits per heavy atom. The molecule has 2 nitrogen and oxygen atoms in total. The lowest BCUT2D eigenvalue weighted by Crippen LogP contribution is -1.99. The summed E-state index contributed by atoms with van der Waals surface area (Å²) < 4.78 is 7.50. The third-order valence-corrected chi connectivity index (χ3v) is 3.34. The minimum atomic E-state index is 0.714. The molecule has 0 radical (unpaired) electrons. The van der Waals surface area contributed by atoms with Crippen LogP contribution in [0.25, 0.3) is 0 Å². The molecule has 0 aliphatic heterocycles. The molecular weight excluding hydrogens is 381 g/mol. The summed E-state index contributed by atoms with van der Waals surface area (Å²) in [5.74, 6) is 0.951. The number of benzene rings is 1. The first-order chi connectivity index (χ1) is 7.65. The van der Waals surface area contributed by atoms with Gasteiger partial charge >= 0.3 is 0 Å². The summed E-state index contributed by atoms with van der Waals surface area (Å²) in [5, 5.41) is 3.35. The van der Waals surface area contributed by atoms with Crippen LogP contribution in [0.2, 0.25) is 0 Å². The van der Waals surface area contributed by atoms with Crippen LogP contribution in [0.4, 0.5) is 5.69 Å². The Bertz CT molecular complexity index is 496. The van der Waals surface area contributed by atoms with E-state index in [1.807, 2.05) is 18.2 Å². The summed E-state index contributed by atoms with van der Waals surface area (Å²) in [4.78, 5) is 0. The van der Waals surface area contributed by atoms with E-state index in [9.17, 15) is 0 Å². The van der Waals surface area contributed by atoms with E-state index >= 15 is 0 Å². The Morgan fingerprint density at radius 2 is 2.12 bits per heavy atom. The van der Waals surface area contributed by atoms with E-state index < -0.39 is 0 Å². The topological polar surface area (TPSA) is 25.2 Å². The zero-order valence-electron chi connectivity index (χ0n) is 8.76. The molecule has 0 bridgehead atoms. The second-order valence-corrected chi connectivity index (χ2v) is 5.50. The van der Waals surface area contributed by atoms with Crippen molar-refractivity contribution in [3.63, 3.8) is 0 Å². The van der Waals surface area contributed by atoms with E-state index in [2.05, 4.69) is 62.9 Å². The number of hydrogen-bond acceptors (Lipinski definition) is 2. The van der Waals surface area contributed by atoms with Gasteiger partial charge < -0.3 is 9.73 Å². The highest BCUT2D eigenvalue weighted by atomic mass is 127. The summed E-state index contributed by atoms with van der Waals surface area (Å²) in [5.41, 5.74) is 2.35. The molecule has 84 valence electrons. The summed E-state index contributed by atoms with van der Waals surface area (Å²) in [6, 6.07) is 10.1. The van der Waals surface area contributed by atoms with E-state index in [1.165, 1.54) is 5.56 Å². The van der Waals surface area contributed by atoms with Gasteiger partial charge in [0.05, 0.1) is 6.54 Å². The first kappa shape index (κ1) is 12.0. The van der Waals surface area contributed by atoms with Gasteiger partial charge in [-0.1, -0.05) is 15.9 Å². The SMILES string of the molecule is Cc1cc(Br)ccc1NCc1ccc(I)o1. The van der Waals surface area contributed by atoms with Crippen LogP contribution in [-0.4, -0.2) is 0 Å². The Kier molecular flexibility index (Phi) is 3.91.